The van der Waals surface area contributed by atoms with Crippen LogP contribution in [0.25, 0.3) is 4.96 Å². The Morgan fingerprint density at radius 3 is 2.95 bits per heavy atom. The van der Waals surface area contributed by atoms with Crippen LogP contribution in [0.5, 0.6) is 0 Å². The van der Waals surface area contributed by atoms with Gasteiger partial charge in [-0.3, -0.25) is 4.40 Å². The highest BCUT2D eigenvalue weighted by atomic mass is 79.9. The quantitative estimate of drug-likeness (QED) is 0.749. The second-order valence-electron chi connectivity index (χ2n) is 4.62. The normalized spacial score (nSPS) is 11.2. The highest BCUT2D eigenvalue weighted by molar-refractivity contribution is 9.10. The van der Waals surface area contributed by atoms with Crippen LogP contribution in [0.4, 0.5) is 10.1 Å². The Morgan fingerprint density at radius 2 is 2.20 bits per heavy atom. The zero-order valence-corrected chi connectivity index (χ0v) is 13.5. The van der Waals surface area contributed by atoms with E-state index < -0.39 is 0 Å². The Labute approximate surface area is 128 Å². The molecule has 2 aromatic heterocycles. The number of imidazole rings is 1. The highest BCUT2D eigenvalue weighted by Crippen LogP contribution is 2.23. The summed E-state index contributed by atoms with van der Waals surface area (Å²) in [6, 6.07) is 5.00. The van der Waals surface area contributed by atoms with Crippen molar-refractivity contribution in [1.82, 2.24) is 9.38 Å². The second kappa shape index (κ2) is 5.18. The average molecular weight is 354 g/mol. The predicted octanol–water partition coefficient (Wildman–Crippen LogP) is 4.53. The molecule has 0 bridgehead atoms. The molecule has 0 fully saturated rings. The van der Waals surface area contributed by atoms with Crippen molar-refractivity contribution in [2.24, 2.45) is 0 Å². The zero-order valence-electron chi connectivity index (χ0n) is 11.1. The van der Waals surface area contributed by atoms with E-state index in [1.165, 1.54) is 6.07 Å². The average Bonchev–Trinajstić information content (AvgIpc) is 2.89. The van der Waals surface area contributed by atoms with E-state index in [1.54, 1.807) is 17.4 Å². The van der Waals surface area contributed by atoms with Gasteiger partial charge in [0.2, 0.25) is 0 Å². The van der Waals surface area contributed by atoms with E-state index >= 15 is 0 Å². The van der Waals surface area contributed by atoms with Gasteiger partial charge < -0.3 is 5.32 Å². The lowest BCUT2D eigenvalue weighted by molar-refractivity contribution is 0.629. The minimum absolute atomic E-state index is 0.264. The first-order valence-corrected chi connectivity index (χ1v) is 7.84. The van der Waals surface area contributed by atoms with Crippen LogP contribution in [0.15, 0.2) is 28.1 Å². The molecule has 0 saturated carbocycles. The maximum Gasteiger partial charge on any atom is 0.194 e. The largest absolute Gasteiger partial charge is 0.377 e. The molecule has 3 nitrogen and oxygen atoms in total. The van der Waals surface area contributed by atoms with Gasteiger partial charge in [-0.1, -0.05) is 15.9 Å². The molecular weight excluding hydrogens is 341 g/mol. The smallest absolute Gasteiger partial charge is 0.194 e. The summed E-state index contributed by atoms with van der Waals surface area (Å²) in [6.07, 6.45) is 0. The summed E-state index contributed by atoms with van der Waals surface area (Å²) in [4.78, 5) is 5.50. The van der Waals surface area contributed by atoms with Gasteiger partial charge >= 0.3 is 0 Å². The first kappa shape index (κ1) is 13.6. The molecule has 104 valence electrons. The molecule has 0 aliphatic carbocycles. The van der Waals surface area contributed by atoms with Crippen LogP contribution >= 0.6 is 27.3 Å². The van der Waals surface area contributed by atoms with Crippen LogP contribution in [-0.4, -0.2) is 9.38 Å². The first-order chi connectivity index (χ1) is 9.56. The van der Waals surface area contributed by atoms with E-state index in [0.29, 0.717) is 12.2 Å². The van der Waals surface area contributed by atoms with Crippen LogP contribution in [0.2, 0.25) is 0 Å². The molecule has 0 aliphatic rings. The zero-order chi connectivity index (χ0) is 14.3. The number of benzene rings is 1. The fraction of sp³-hybridized carbons (Fsp3) is 0.214. The Balaban J connectivity index is 1.90. The molecular formula is C14H13BrFN3S. The molecule has 2 heterocycles. The summed E-state index contributed by atoms with van der Waals surface area (Å²) < 4.78 is 16.6. The van der Waals surface area contributed by atoms with E-state index in [2.05, 4.69) is 36.0 Å². The van der Waals surface area contributed by atoms with E-state index in [4.69, 9.17) is 0 Å². The van der Waals surface area contributed by atoms with Crippen LogP contribution in [0.1, 0.15) is 17.1 Å². The van der Waals surface area contributed by atoms with Crippen LogP contribution in [0, 0.1) is 19.7 Å². The number of hydrogen-bond donors (Lipinski definition) is 1. The number of fused-ring (bicyclic) bond motifs is 1. The molecule has 6 heteroatoms. The second-order valence-corrected chi connectivity index (χ2v) is 6.37. The summed E-state index contributed by atoms with van der Waals surface area (Å²) in [5.41, 5.74) is 3.69. The number of rotatable bonds is 3. The minimum Gasteiger partial charge on any atom is -0.377 e. The molecule has 3 aromatic rings. The lowest BCUT2D eigenvalue weighted by Gasteiger charge is -2.08. The fourth-order valence-electron chi connectivity index (χ4n) is 2.19. The molecule has 1 aromatic carbocycles. The van der Waals surface area contributed by atoms with Gasteiger partial charge in [0.15, 0.2) is 4.96 Å². The standard InChI is InChI=1S/C14H13BrFN3S/c1-8-7-20-14-18-9(2)13(19(8)14)6-17-12-4-3-10(15)5-11(12)16/h3-5,7,17H,6H2,1-2H3. The molecule has 3 rings (SSSR count). The number of anilines is 1. The Bertz CT molecular complexity index is 778. The highest BCUT2D eigenvalue weighted by Gasteiger charge is 2.12. The van der Waals surface area contributed by atoms with Gasteiger partial charge in [0.1, 0.15) is 5.82 Å². The van der Waals surface area contributed by atoms with Crippen molar-refractivity contribution in [2.75, 3.05) is 5.32 Å². The van der Waals surface area contributed by atoms with Crippen molar-refractivity contribution in [3.63, 3.8) is 0 Å². The number of nitrogens with one attached hydrogen (secondary N) is 1. The molecule has 0 amide bonds. The number of hydrogen-bond acceptors (Lipinski definition) is 3. The lowest BCUT2D eigenvalue weighted by Crippen LogP contribution is -2.06. The molecule has 0 radical (unpaired) electrons. The van der Waals surface area contributed by atoms with E-state index in [1.807, 2.05) is 19.9 Å². The first-order valence-electron chi connectivity index (χ1n) is 6.17. The monoisotopic (exact) mass is 353 g/mol. The van der Waals surface area contributed by atoms with Gasteiger partial charge in [0.25, 0.3) is 0 Å². The molecule has 0 saturated heterocycles. The number of thiazole rings is 1. The van der Waals surface area contributed by atoms with E-state index in [-0.39, 0.29) is 5.82 Å². The van der Waals surface area contributed by atoms with Crippen molar-refractivity contribution >= 4 is 37.9 Å². The number of halogens is 2. The maximum absolute atomic E-state index is 13.8. The number of aryl methyl sites for hydroxylation is 2. The summed E-state index contributed by atoms with van der Waals surface area (Å²) in [6.45, 7) is 4.57. The molecule has 1 N–H and O–H groups in total. The third-order valence-electron chi connectivity index (χ3n) is 3.21. The fourth-order valence-corrected chi connectivity index (χ4v) is 3.45. The van der Waals surface area contributed by atoms with Gasteiger partial charge in [-0.15, -0.1) is 11.3 Å². The number of aromatic nitrogens is 2. The molecule has 0 atom stereocenters. The topological polar surface area (TPSA) is 29.3 Å². The van der Waals surface area contributed by atoms with E-state index in [0.717, 1.165) is 26.5 Å². The molecule has 0 spiro atoms. The van der Waals surface area contributed by atoms with Gasteiger partial charge in [-0.25, -0.2) is 9.37 Å². The van der Waals surface area contributed by atoms with Crippen LogP contribution in [0.3, 0.4) is 0 Å². The predicted molar refractivity (Wildman–Crippen MR) is 84.0 cm³/mol. The van der Waals surface area contributed by atoms with Gasteiger partial charge in [-0.05, 0) is 32.0 Å². The van der Waals surface area contributed by atoms with Crippen molar-refractivity contribution in [1.29, 1.82) is 0 Å². The third-order valence-corrected chi connectivity index (χ3v) is 4.64. The van der Waals surface area contributed by atoms with Gasteiger partial charge in [-0.2, -0.15) is 0 Å². The Hall–Kier alpha value is -1.40. The SMILES string of the molecule is Cc1nc2scc(C)n2c1CNc1ccc(Br)cc1F. The van der Waals surface area contributed by atoms with Crippen molar-refractivity contribution in [3.05, 3.63) is 51.0 Å². The molecule has 0 unspecified atom stereocenters. The minimum atomic E-state index is -0.264. The Kier molecular flexibility index (Phi) is 3.52. The summed E-state index contributed by atoms with van der Waals surface area (Å²) in [5.74, 6) is -0.264. The van der Waals surface area contributed by atoms with Crippen molar-refractivity contribution < 1.29 is 4.39 Å². The Morgan fingerprint density at radius 1 is 1.40 bits per heavy atom. The summed E-state index contributed by atoms with van der Waals surface area (Å²) >= 11 is 4.87. The maximum atomic E-state index is 13.8. The lowest BCUT2D eigenvalue weighted by atomic mass is 10.3. The summed E-state index contributed by atoms with van der Waals surface area (Å²) in [7, 11) is 0. The van der Waals surface area contributed by atoms with Crippen molar-refractivity contribution in [2.45, 2.75) is 20.4 Å². The summed E-state index contributed by atoms with van der Waals surface area (Å²) in [5, 5.41) is 5.22. The van der Waals surface area contributed by atoms with Crippen LogP contribution in [-0.2, 0) is 6.54 Å². The molecule has 0 aliphatic heterocycles. The molecule has 20 heavy (non-hydrogen) atoms. The van der Waals surface area contributed by atoms with Gasteiger partial charge in [0.05, 0.1) is 23.6 Å². The van der Waals surface area contributed by atoms with Crippen molar-refractivity contribution in [3.8, 4) is 0 Å². The van der Waals surface area contributed by atoms with Crippen LogP contribution < -0.4 is 5.32 Å². The van der Waals surface area contributed by atoms with Gasteiger partial charge in [0, 0.05) is 15.5 Å². The third kappa shape index (κ3) is 2.33. The van der Waals surface area contributed by atoms with E-state index in [9.17, 15) is 4.39 Å². The number of nitrogens with zero attached hydrogens (tertiary/aromatic N) is 2.